The minimum atomic E-state index is 0.595. The summed E-state index contributed by atoms with van der Waals surface area (Å²) in [6, 6.07) is 1.83. The minimum absolute atomic E-state index is 0.595. The van der Waals surface area contributed by atoms with E-state index in [2.05, 4.69) is 9.88 Å². The lowest BCUT2D eigenvalue weighted by molar-refractivity contribution is -0.118. The average Bonchev–Trinajstić information content (AvgIpc) is 2.39. The zero-order valence-electron chi connectivity index (χ0n) is 9.80. The normalized spacial score (nSPS) is 15.8. The number of piperazine rings is 1. The van der Waals surface area contributed by atoms with Crippen LogP contribution in [-0.4, -0.2) is 48.8 Å². The molecule has 2 heterocycles. The SMILES string of the molecule is Cc1cc(C=O)cnc1N1CCN(C=O)CC1. The lowest BCUT2D eigenvalue weighted by Crippen LogP contribution is -2.46. The van der Waals surface area contributed by atoms with Gasteiger partial charge in [-0.05, 0) is 18.6 Å². The highest BCUT2D eigenvalue weighted by Gasteiger charge is 2.18. The summed E-state index contributed by atoms with van der Waals surface area (Å²) in [6.45, 7) is 4.96. The van der Waals surface area contributed by atoms with Crippen molar-refractivity contribution in [1.82, 2.24) is 9.88 Å². The second kappa shape index (κ2) is 4.95. The molecule has 5 heteroatoms. The number of hydrogen-bond acceptors (Lipinski definition) is 4. The third-order valence-electron chi connectivity index (χ3n) is 2.97. The molecule has 1 saturated heterocycles. The molecule has 17 heavy (non-hydrogen) atoms. The Kier molecular flexibility index (Phi) is 3.37. The number of aryl methyl sites for hydroxylation is 1. The van der Waals surface area contributed by atoms with Gasteiger partial charge in [-0.1, -0.05) is 0 Å². The fourth-order valence-corrected chi connectivity index (χ4v) is 2.02. The molecule has 5 nitrogen and oxygen atoms in total. The molecule has 90 valence electrons. The Balaban J connectivity index is 2.13. The standard InChI is InChI=1S/C12H15N3O2/c1-10-6-11(8-16)7-13-12(10)15-4-2-14(9-17)3-5-15/h6-9H,2-5H2,1H3. The monoisotopic (exact) mass is 233 g/mol. The van der Waals surface area contributed by atoms with E-state index < -0.39 is 0 Å². The summed E-state index contributed by atoms with van der Waals surface area (Å²) in [5.74, 6) is 0.904. The molecule has 0 aliphatic carbocycles. The van der Waals surface area contributed by atoms with Crippen LogP contribution in [-0.2, 0) is 4.79 Å². The van der Waals surface area contributed by atoms with Crippen molar-refractivity contribution in [2.75, 3.05) is 31.1 Å². The van der Waals surface area contributed by atoms with Gasteiger partial charge in [-0.15, -0.1) is 0 Å². The van der Waals surface area contributed by atoms with Crippen LogP contribution in [0.3, 0.4) is 0 Å². The summed E-state index contributed by atoms with van der Waals surface area (Å²) in [4.78, 5) is 29.4. The van der Waals surface area contributed by atoms with Crippen LogP contribution in [0.2, 0.25) is 0 Å². The van der Waals surface area contributed by atoms with Crippen molar-refractivity contribution in [3.8, 4) is 0 Å². The smallest absolute Gasteiger partial charge is 0.209 e. The van der Waals surface area contributed by atoms with Crippen molar-refractivity contribution < 1.29 is 9.59 Å². The topological polar surface area (TPSA) is 53.5 Å². The molecule has 1 aromatic heterocycles. The molecular weight excluding hydrogens is 218 g/mol. The van der Waals surface area contributed by atoms with Gasteiger partial charge in [0.1, 0.15) is 5.82 Å². The van der Waals surface area contributed by atoms with E-state index in [1.54, 1.807) is 11.1 Å². The Hall–Kier alpha value is -1.91. The molecule has 1 aliphatic heterocycles. The van der Waals surface area contributed by atoms with Crippen LogP contribution in [0.15, 0.2) is 12.3 Å². The molecule has 0 spiro atoms. The van der Waals surface area contributed by atoms with Gasteiger partial charge in [0.25, 0.3) is 0 Å². The number of rotatable bonds is 3. The van der Waals surface area contributed by atoms with Gasteiger partial charge in [0.05, 0.1) is 0 Å². The van der Waals surface area contributed by atoms with Crippen molar-refractivity contribution in [3.63, 3.8) is 0 Å². The van der Waals surface area contributed by atoms with E-state index >= 15 is 0 Å². The van der Waals surface area contributed by atoms with Crippen LogP contribution < -0.4 is 4.90 Å². The van der Waals surface area contributed by atoms with Gasteiger partial charge in [-0.2, -0.15) is 0 Å². The summed E-state index contributed by atoms with van der Waals surface area (Å²) in [5.41, 5.74) is 1.59. The second-order valence-electron chi connectivity index (χ2n) is 4.16. The molecule has 0 radical (unpaired) electrons. The van der Waals surface area contributed by atoms with Crippen molar-refractivity contribution in [2.45, 2.75) is 6.92 Å². The second-order valence-corrected chi connectivity index (χ2v) is 4.16. The lowest BCUT2D eigenvalue weighted by atomic mass is 10.2. The molecule has 0 atom stereocenters. The number of nitrogens with zero attached hydrogens (tertiary/aromatic N) is 3. The van der Waals surface area contributed by atoms with Crippen LogP contribution in [0.1, 0.15) is 15.9 Å². The third kappa shape index (κ3) is 2.43. The largest absolute Gasteiger partial charge is 0.353 e. The minimum Gasteiger partial charge on any atom is -0.353 e. The Bertz CT molecular complexity index is 426. The van der Waals surface area contributed by atoms with E-state index in [1.807, 2.05) is 13.0 Å². The number of hydrogen-bond donors (Lipinski definition) is 0. The number of anilines is 1. The van der Waals surface area contributed by atoms with Gasteiger partial charge in [-0.25, -0.2) is 4.98 Å². The Morgan fingerprint density at radius 2 is 1.94 bits per heavy atom. The fraction of sp³-hybridized carbons (Fsp3) is 0.417. The molecule has 0 N–H and O–H groups in total. The molecule has 1 amide bonds. The number of carbonyl (C=O) groups excluding carboxylic acids is 2. The highest BCUT2D eigenvalue weighted by Crippen LogP contribution is 2.18. The average molecular weight is 233 g/mol. The van der Waals surface area contributed by atoms with E-state index in [1.165, 1.54) is 0 Å². The number of amides is 1. The molecule has 0 unspecified atom stereocenters. The zero-order chi connectivity index (χ0) is 12.3. The molecule has 2 rings (SSSR count). The zero-order valence-corrected chi connectivity index (χ0v) is 9.80. The van der Waals surface area contributed by atoms with Gasteiger partial charge in [0, 0.05) is 37.9 Å². The van der Waals surface area contributed by atoms with Gasteiger partial charge < -0.3 is 9.80 Å². The van der Waals surface area contributed by atoms with Gasteiger partial charge in [-0.3, -0.25) is 9.59 Å². The van der Waals surface area contributed by atoms with Crippen molar-refractivity contribution >= 4 is 18.5 Å². The van der Waals surface area contributed by atoms with E-state index in [9.17, 15) is 9.59 Å². The number of aromatic nitrogens is 1. The predicted octanol–water partition coefficient (Wildman–Crippen LogP) is 0.481. The molecule has 1 aliphatic rings. The highest BCUT2D eigenvalue weighted by atomic mass is 16.1. The van der Waals surface area contributed by atoms with E-state index in [0.29, 0.717) is 5.56 Å². The summed E-state index contributed by atoms with van der Waals surface area (Å²) in [6.07, 6.45) is 3.27. The summed E-state index contributed by atoms with van der Waals surface area (Å²) in [5, 5.41) is 0. The quantitative estimate of drug-likeness (QED) is 0.713. The lowest BCUT2D eigenvalue weighted by Gasteiger charge is -2.34. The Morgan fingerprint density at radius 3 is 2.47 bits per heavy atom. The van der Waals surface area contributed by atoms with E-state index in [0.717, 1.165) is 50.3 Å². The number of carbonyl (C=O) groups is 2. The van der Waals surface area contributed by atoms with Crippen LogP contribution in [0, 0.1) is 6.92 Å². The van der Waals surface area contributed by atoms with E-state index in [-0.39, 0.29) is 0 Å². The first-order valence-electron chi connectivity index (χ1n) is 5.60. The fourth-order valence-electron chi connectivity index (χ4n) is 2.02. The summed E-state index contributed by atoms with van der Waals surface area (Å²) < 4.78 is 0. The molecule has 0 bridgehead atoms. The van der Waals surface area contributed by atoms with Crippen molar-refractivity contribution in [1.29, 1.82) is 0 Å². The number of aldehydes is 1. The Morgan fingerprint density at radius 1 is 1.24 bits per heavy atom. The summed E-state index contributed by atoms with van der Waals surface area (Å²) in [7, 11) is 0. The molecule has 1 fully saturated rings. The van der Waals surface area contributed by atoms with Crippen molar-refractivity contribution in [3.05, 3.63) is 23.4 Å². The maximum Gasteiger partial charge on any atom is 0.209 e. The predicted molar refractivity (Wildman–Crippen MR) is 64.2 cm³/mol. The molecule has 0 aromatic carbocycles. The van der Waals surface area contributed by atoms with Crippen molar-refractivity contribution in [2.24, 2.45) is 0 Å². The molecule has 0 saturated carbocycles. The van der Waals surface area contributed by atoms with Gasteiger partial charge >= 0.3 is 0 Å². The highest BCUT2D eigenvalue weighted by molar-refractivity contribution is 5.75. The molecule has 1 aromatic rings. The van der Waals surface area contributed by atoms with Crippen LogP contribution in [0.25, 0.3) is 0 Å². The molecular formula is C12H15N3O2. The summed E-state index contributed by atoms with van der Waals surface area (Å²) >= 11 is 0. The van der Waals surface area contributed by atoms with Crippen LogP contribution in [0.5, 0.6) is 0 Å². The van der Waals surface area contributed by atoms with Crippen LogP contribution in [0.4, 0.5) is 5.82 Å². The first-order valence-corrected chi connectivity index (χ1v) is 5.60. The number of pyridine rings is 1. The van der Waals surface area contributed by atoms with Gasteiger partial charge in [0.2, 0.25) is 6.41 Å². The maximum atomic E-state index is 10.6. The third-order valence-corrected chi connectivity index (χ3v) is 2.97. The first kappa shape index (κ1) is 11.6. The maximum absolute atomic E-state index is 10.6. The van der Waals surface area contributed by atoms with Crippen LogP contribution >= 0.6 is 0 Å². The Labute approximate surface area is 100 Å². The first-order chi connectivity index (χ1) is 8.24. The van der Waals surface area contributed by atoms with Gasteiger partial charge in [0.15, 0.2) is 6.29 Å². The van der Waals surface area contributed by atoms with E-state index in [4.69, 9.17) is 0 Å².